The van der Waals surface area contributed by atoms with Crippen LogP contribution in [-0.4, -0.2) is 55.4 Å². The van der Waals surface area contributed by atoms with E-state index in [4.69, 9.17) is 9.47 Å². The largest absolute Gasteiger partial charge is 0.478 e. The molecule has 3 rings (SSSR count). The molecule has 132 valence electrons. The maximum atomic E-state index is 13.7. The lowest BCUT2D eigenvalue weighted by molar-refractivity contribution is -0.138. The van der Waals surface area contributed by atoms with E-state index in [0.717, 1.165) is 12.1 Å². The lowest BCUT2D eigenvalue weighted by Gasteiger charge is -2.28. The molecule has 0 bridgehead atoms. The van der Waals surface area contributed by atoms with Crippen LogP contribution in [0.25, 0.3) is 0 Å². The van der Waals surface area contributed by atoms with Crippen LogP contribution in [0.3, 0.4) is 0 Å². The van der Waals surface area contributed by atoms with Crippen molar-refractivity contribution >= 4 is 5.91 Å². The summed E-state index contributed by atoms with van der Waals surface area (Å²) in [7, 11) is 0. The average molecular weight is 352 g/mol. The first-order valence-electron chi connectivity index (χ1n) is 7.10. The average Bonchev–Trinajstić information content (AvgIpc) is 2.88. The number of nitrogens with zero attached hydrogens (tertiary/aromatic N) is 1. The SMILES string of the molecule is O=C(CN1C[C@@H]2Oc3c(F)ccc(F)c3O[C@@H]2C1)NCC(F)(F)F. The summed E-state index contributed by atoms with van der Waals surface area (Å²) in [6, 6.07) is 1.82. The second kappa shape index (κ2) is 6.08. The molecule has 0 aromatic heterocycles. The maximum absolute atomic E-state index is 13.7. The highest BCUT2D eigenvalue weighted by Crippen LogP contribution is 2.40. The van der Waals surface area contributed by atoms with Gasteiger partial charge in [0, 0.05) is 13.1 Å². The van der Waals surface area contributed by atoms with Crippen molar-refractivity contribution in [3.05, 3.63) is 23.8 Å². The molecule has 1 saturated heterocycles. The highest BCUT2D eigenvalue weighted by atomic mass is 19.4. The Balaban J connectivity index is 1.60. The number of alkyl halides is 3. The summed E-state index contributed by atoms with van der Waals surface area (Å²) in [4.78, 5) is 13.0. The summed E-state index contributed by atoms with van der Waals surface area (Å²) in [6.45, 7) is -1.41. The molecule has 2 aliphatic rings. The number of likely N-dealkylation sites (tertiary alicyclic amines) is 1. The molecule has 0 radical (unpaired) electrons. The van der Waals surface area contributed by atoms with Gasteiger partial charge in [0.25, 0.3) is 0 Å². The number of hydrogen-bond acceptors (Lipinski definition) is 4. The van der Waals surface area contributed by atoms with E-state index in [9.17, 15) is 26.7 Å². The van der Waals surface area contributed by atoms with Crippen LogP contribution in [0.1, 0.15) is 0 Å². The molecule has 24 heavy (non-hydrogen) atoms. The van der Waals surface area contributed by atoms with Crippen molar-refractivity contribution in [2.24, 2.45) is 0 Å². The molecule has 2 aliphatic heterocycles. The number of rotatable bonds is 3. The predicted molar refractivity (Wildman–Crippen MR) is 70.7 cm³/mol. The van der Waals surface area contributed by atoms with Crippen molar-refractivity contribution in [1.29, 1.82) is 0 Å². The normalized spacial score (nSPS) is 23.0. The van der Waals surface area contributed by atoms with Crippen molar-refractivity contribution in [2.45, 2.75) is 18.4 Å². The van der Waals surface area contributed by atoms with Crippen molar-refractivity contribution in [3.8, 4) is 11.5 Å². The van der Waals surface area contributed by atoms with Crippen LogP contribution in [0.5, 0.6) is 11.5 Å². The van der Waals surface area contributed by atoms with Crippen LogP contribution < -0.4 is 14.8 Å². The van der Waals surface area contributed by atoms with Crippen LogP contribution in [0.2, 0.25) is 0 Å². The Bertz CT molecular complexity index is 613. The topological polar surface area (TPSA) is 50.8 Å². The third-order valence-corrected chi connectivity index (χ3v) is 3.70. The van der Waals surface area contributed by atoms with E-state index in [1.165, 1.54) is 4.90 Å². The third-order valence-electron chi connectivity index (χ3n) is 3.70. The minimum absolute atomic E-state index is 0.152. The lowest BCUT2D eigenvalue weighted by Crippen LogP contribution is -2.40. The van der Waals surface area contributed by atoms with Gasteiger partial charge >= 0.3 is 6.18 Å². The molecule has 2 heterocycles. The number of carbonyl (C=O) groups is 1. The van der Waals surface area contributed by atoms with Crippen molar-refractivity contribution in [1.82, 2.24) is 10.2 Å². The Morgan fingerprint density at radius 2 is 1.62 bits per heavy atom. The Morgan fingerprint density at radius 3 is 2.08 bits per heavy atom. The highest BCUT2D eigenvalue weighted by Gasteiger charge is 2.42. The molecule has 1 fully saturated rings. The van der Waals surface area contributed by atoms with Crippen molar-refractivity contribution in [3.63, 3.8) is 0 Å². The first-order valence-corrected chi connectivity index (χ1v) is 7.10. The van der Waals surface area contributed by atoms with Gasteiger partial charge in [-0.3, -0.25) is 9.69 Å². The summed E-state index contributed by atoms with van der Waals surface area (Å²) in [6.07, 6.45) is -5.76. The van der Waals surface area contributed by atoms with Gasteiger partial charge in [-0.2, -0.15) is 13.2 Å². The Labute approximate surface area is 133 Å². The zero-order valence-electron chi connectivity index (χ0n) is 12.2. The number of amides is 1. The minimum Gasteiger partial charge on any atom is -0.478 e. The van der Waals surface area contributed by atoms with Gasteiger partial charge in [-0.05, 0) is 12.1 Å². The molecule has 1 N–H and O–H groups in total. The van der Waals surface area contributed by atoms with Crippen LogP contribution in [-0.2, 0) is 4.79 Å². The molecule has 5 nitrogen and oxygen atoms in total. The molecule has 2 atom stereocenters. The van der Waals surface area contributed by atoms with E-state index < -0.39 is 42.5 Å². The van der Waals surface area contributed by atoms with Gasteiger partial charge in [-0.25, -0.2) is 8.78 Å². The first kappa shape index (κ1) is 16.7. The molecule has 1 amide bonds. The molecular formula is C14H13F5N2O3. The number of fused-ring (bicyclic) bond motifs is 2. The number of ether oxygens (including phenoxy) is 2. The second-order valence-corrected chi connectivity index (χ2v) is 5.59. The predicted octanol–water partition coefficient (Wildman–Crippen LogP) is 1.47. The van der Waals surface area contributed by atoms with Crippen LogP contribution >= 0.6 is 0 Å². The zero-order valence-corrected chi connectivity index (χ0v) is 12.2. The molecule has 1 aromatic rings. The van der Waals surface area contributed by atoms with Crippen LogP contribution in [0, 0.1) is 11.6 Å². The van der Waals surface area contributed by atoms with Crippen molar-refractivity contribution in [2.75, 3.05) is 26.2 Å². The number of halogens is 5. The van der Waals surface area contributed by atoms with E-state index >= 15 is 0 Å². The summed E-state index contributed by atoms with van der Waals surface area (Å²) in [5.41, 5.74) is 0. The molecular weight excluding hydrogens is 339 g/mol. The third kappa shape index (κ3) is 3.53. The second-order valence-electron chi connectivity index (χ2n) is 5.59. The van der Waals surface area contributed by atoms with Gasteiger partial charge in [-0.1, -0.05) is 0 Å². The summed E-state index contributed by atoms with van der Waals surface area (Å²) in [5.74, 6) is -3.02. The maximum Gasteiger partial charge on any atom is 0.405 e. The Morgan fingerprint density at radius 1 is 1.12 bits per heavy atom. The number of nitrogens with one attached hydrogen (secondary N) is 1. The van der Waals surface area contributed by atoms with Crippen LogP contribution in [0.4, 0.5) is 22.0 Å². The fourth-order valence-electron chi connectivity index (χ4n) is 2.67. The molecule has 10 heteroatoms. The molecule has 0 aliphatic carbocycles. The summed E-state index contributed by atoms with van der Waals surface area (Å²) in [5, 5.41) is 1.76. The van der Waals surface area contributed by atoms with Gasteiger partial charge < -0.3 is 14.8 Å². The number of carbonyl (C=O) groups excluding carboxylic acids is 1. The number of hydrogen-bond donors (Lipinski definition) is 1. The molecule has 0 saturated carbocycles. The number of benzene rings is 1. The lowest BCUT2D eigenvalue weighted by atomic mass is 10.2. The minimum atomic E-state index is -4.49. The quantitative estimate of drug-likeness (QED) is 0.837. The van der Waals surface area contributed by atoms with E-state index in [-0.39, 0.29) is 31.1 Å². The molecule has 0 unspecified atom stereocenters. The van der Waals surface area contributed by atoms with E-state index in [0.29, 0.717) is 0 Å². The van der Waals surface area contributed by atoms with E-state index in [1.807, 2.05) is 0 Å². The Hall–Kier alpha value is -2.10. The smallest absolute Gasteiger partial charge is 0.405 e. The molecule has 1 aromatic carbocycles. The zero-order chi connectivity index (χ0) is 17.5. The van der Waals surface area contributed by atoms with Gasteiger partial charge in [0.15, 0.2) is 11.6 Å². The van der Waals surface area contributed by atoms with Gasteiger partial charge in [0.1, 0.15) is 18.8 Å². The van der Waals surface area contributed by atoms with Gasteiger partial charge in [0.2, 0.25) is 17.4 Å². The van der Waals surface area contributed by atoms with Gasteiger partial charge in [0.05, 0.1) is 6.54 Å². The van der Waals surface area contributed by atoms with E-state index in [1.54, 1.807) is 5.32 Å². The highest BCUT2D eigenvalue weighted by molar-refractivity contribution is 5.78. The van der Waals surface area contributed by atoms with Crippen LogP contribution in [0.15, 0.2) is 12.1 Å². The first-order chi connectivity index (χ1) is 11.2. The summed E-state index contributed by atoms with van der Waals surface area (Å²) < 4.78 is 74.3. The monoisotopic (exact) mass is 352 g/mol. The molecule has 0 spiro atoms. The summed E-state index contributed by atoms with van der Waals surface area (Å²) >= 11 is 0. The fourth-order valence-corrected chi connectivity index (χ4v) is 2.67. The standard InChI is InChI=1S/C14H13F5N2O3/c15-7-1-2-8(16)13-12(7)23-9-3-21(4-10(9)24-13)5-11(22)20-6-14(17,18)19/h1-2,9-10H,3-6H2,(H,20,22)/t9-,10+. The van der Waals surface area contributed by atoms with E-state index in [2.05, 4.69) is 0 Å². The Kier molecular flexibility index (Phi) is 4.24. The fraction of sp³-hybridized carbons (Fsp3) is 0.500. The van der Waals surface area contributed by atoms with Crippen molar-refractivity contribution < 1.29 is 36.2 Å². The van der Waals surface area contributed by atoms with Gasteiger partial charge in [-0.15, -0.1) is 0 Å².